The van der Waals surface area contributed by atoms with E-state index in [0.717, 1.165) is 0 Å². The van der Waals surface area contributed by atoms with Gasteiger partial charge >= 0.3 is 0 Å². The summed E-state index contributed by atoms with van der Waals surface area (Å²) in [5.74, 6) is -0.0228. The average Bonchev–Trinajstić information content (AvgIpc) is 1.85. The fourth-order valence-electron chi connectivity index (χ4n) is 0.517. The van der Waals surface area contributed by atoms with E-state index < -0.39 is 10.8 Å². The number of nitrogens with two attached hydrogens (primary N) is 2. The smallest absolute Gasteiger partial charge is 0.225 e. The van der Waals surface area contributed by atoms with Gasteiger partial charge in [-0.2, -0.15) is 15.0 Å². The number of nitrogens with zero attached hydrogens (tertiary/aromatic N) is 3. The van der Waals surface area contributed by atoms with E-state index in [1.165, 1.54) is 6.26 Å². The van der Waals surface area contributed by atoms with Gasteiger partial charge in [-0.25, -0.2) is 0 Å². The Morgan fingerprint density at radius 2 is 1.64 bits per heavy atom. The predicted octanol–water partition coefficient (Wildman–Crippen LogP) is -1.23. The quantitative estimate of drug-likeness (QED) is 0.550. The third-order valence-corrected chi connectivity index (χ3v) is 1.60. The van der Waals surface area contributed by atoms with Gasteiger partial charge in [0.2, 0.25) is 17.1 Å². The fourth-order valence-corrected chi connectivity index (χ4v) is 0.961. The Labute approximate surface area is 65.5 Å². The van der Waals surface area contributed by atoms with Gasteiger partial charge in [0.05, 0.1) is 10.8 Å². The molecule has 4 N–H and O–H groups in total. The number of rotatable bonds is 1. The Hall–Kier alpha value is -1.24. The molecule has 0 bridgehead atoms. The second-order valence-corrected chi connectivity index (χ2v) is 3.06. The summed E-state index contributed by atoms with van der Waals surface area (Å²) in [6.07, 6.45) is 1.44. The van der Waals surface area contributed by atoms with E-state index in [2.05, 4.69) is 15.0 Å². The highest BCUT2D eigenvalue weighted by Gasteiger charge is 2.03. The van der Waals surface area contributed by atoms with Gasteiger partial charge in [0.1, 0.15) is 0 Å². The van der Waals surface area contributed by atoms with E-state index in [-0.39, 0.29) is 17.1 Å². The van der Waals surface area contributed by atoms with Crippen molar-refractivity contribution < 1.29 is 4.21 Å². The van der Waals surface area contributed by atoms with E-state index in [9.17, 15) is 4.21 Å². The molecule has 1 rings (SSSR count). The van der Waals surface area contributed by atoms with E-state index >= 15 is 0 Å². The van der Waals surface area contributed by atoms with Crippen molar-refractivity contribution in [3.8, 4) is 0 Å². The molecule has 11 heavy (non-hydrogen) atoms. The Morgan fingerprint density at radius 3 is 2.00 bits per heavy atom. The van der Waals surface area contributed by atoms with Gasteiger partial charge in [0, 0.05) is 6.26 Å². The Morgan fingerprint density at radius 1 is 1.18 bits per heavy atom. The summed E-state index contributed by atoms with van der Waals surface area (Å²) in [6.45, 7) is 0. The summed E-state index contributed by atoms with van der Waals surface area (Å²) >= 11 is 0. The molecule has 6 nitrogen and oxygen atoms in total. The molecule has 0 aliphatic rings. The highest BCUT2D eigenvalue weighted by Crippen LogP contribution is 2.00. The SMILES string of the molecule is CS(=O)c1nc(N)nc(N)n1. The van der Waals surface area contributed by atoms with Crippen LogP contribution in [0.3, 0.4) is 0 Å². The minimum atomic E-state index is -1.27. The van der Waals surface area contributed by atoms with Gasteiger partial charge in [-0.3, -0.25) is 4.21 Å². The summed E-state index contributed by atoms with van der Waals surface area (Å²) in [5, 5.41) is 0.106. The molecule has 1 atom stereocenters. The van der Waals surface area contributed by atoms with Crippen LogP contribution in [0.25, 0.3) is 0 Å². The molecule has 0 spiro atoms. The molecule has 7 heteroatoms. The second-order valence-electron chi connectivity index (χ2n) is 1.79. The number of aromatic nitrogens is 3. The summed E-state index contributed by atoms with van der Waals surface area (Å²) < 4.78 is 10.8. The molecule has 0 aliphatic heterocycles. The van der Waals surface area contributed by atoms with Gasteiger partial charge < -0.3 is 11.5 Å². The van der Waals surface area contributed by atoms with Gasteiger partial charge in [-0.15, -0.1) is 0 Å². The van der Waals surface area contributed by atoms with Crippen LogP contribution in [0.2, 0.25) is 0 Å². The molecule has 60 valence electrons. The van der Waals surface area contributed by atoms with Crippen LogP contribution < -0.4 is 11.5 Å². The van der Waals surface area contributed by atoms with E-state index in [0.29, 0.717) is 0 Å². The molecule has 1 unspecified atom stereocenters. The monoisotopic (exact) mass is 173 g/mol. The highest BCUT2D eigenvalue weighted by molar-refractivity contribution is 7.84. The summed E-state index contributed by atoms with van der Waals surface area (Å²) in [6, 6.07) is 0. The normalized spacial score (nSPS) is 12.8. The summed E-state index contributed by atoms with van der Waals surface area (Å²) in [7, 11) is -1.27. The van der Waals surface area contributed by atoms with E-state index in [1.807, 2.05) is 0 Å². The Bertz CT molecular complexity index is 280. The lowest BCUT2D eigenvalue weighted by Crippen LogP contribution is -2.07. The van der Waals surface area contributed by atoms with Crippen molar-refractivity contribution in [2.45, 2.75) is 5.16 Å². The van der Waals surface area contributed by atoms with Crippen LogP contribution in [0.15, 0.2) is 5.16 Å². The van der Waals surface area contributed by atoms with Crippen molar-refractivity contribution >= 4 is 22.7 Å². The Balaban J connectivity index is 3.19. The van der Waals surface area contributed by atoms with E-state index in [4.69, 9.17) is 11.5 Å². The lowest BCUT2D eigenvalue weighted by Gasteiger charge is -1.96. The minimum absolute atomic E-state index is 0.0114. The highest BCUT2D eigenvalue weighted by atomic mass is 32.2. The first-order valence-corrected chi connectivity index (χ1v) is 4.26. The molecule has 0 fully saturated rings. The topological polar surface area (TPSA) is 108 Å². The number of nitrogen functional groups attached to an aromatic ring is 2. The summed E-state index contributed by atoms with van der Waals surface area (Å²) in [4.78, 5) is 10.7. The zero-order chi connectivity index (χ0) is 8.43. The molecular formula is C4H7N5OS. The maximum Gasteiger partial charge on any atom is 0.225 e. The van der Waals surface area contributed by atoms with Crippen molar-refractivity contribution in [3.05, 3.63) is 0 Å². The zero-order valence-corrected chi connectivity index (χ0v) is 6.63. The first-order valence-electron chi connectivity index (χ1n) is 2.70. The number of anilines is 2. The van der Waals surface area contributed by atoms with Crippen molar-refractivity contribution in [1.82, 2.24) is 15.0 Å². The number of hydrogen-bond acceptors (Lipinski definition) is 6. The van der Waals surface area contributed by atoms with Gasteiger partial charge in [-0.05, 0) is 0 Å². The van der Waals surface area contributed by atoms with Crippen LogP contribution in [-0.4, -0.2) is 25.4 Å². The molecule has 0 aliphatic carbocycles. The van der Waals surface area contributed by atoms with Crippen LogP contribution >= 0.6 is 0 Å². The van der Waals surface area contributed by atoms with Crippen LogP contribution in [0.1, 0.15) is 0 Å². The summed E-state index contributed by atoms with van der Waals surface area (Å²) in [5.41, 5.74) is 10.4. The second kappa shape index (κ2) is 2.79. The third kappa shape index (κ3) is 1.84. The molecule has 0 amide bonds. The molecule has 0 radical (unpaired) electrons. The van der Waals surface area contributed by atoms with Crippen LogP contribution in [-0.2, 0) is 10.8 Å². The molecule has 0 aromatic carbocycles. The maximum atomic E-state index is 10.8. The van der Waals surface area contributed by atoms with Crippen molar-refractivity contribution in [2.75, 3.05) is 17.7 Å². The minimum Gasteiger partial charge on any atom is -0.368 e. The average molecular weight is 173 g/mol. The largest absolute Gasteiger partial charge is 0.368 e. The lowest BCUT2D eigenvalue weighted by molar-refractivity contribution is 0.679. The lowest BCUT2D eigenvalue weighted by atomic mass is 10.9. The first kappa shape index (κ1) is 7.86. The fraction of sp³-hybridized carbons (Fsp3) is 0.250. The zero-order valence-electron chi connectivity index (χ0n) is 5.81. The predicted molar refractivity (Wildman–Crippen MR) is 41.0 cm³/mol. The molecule has 1 aromatic rings. The van der Waals surface area contributed by atoms with Crippen molar-refractivity contribution in [2.24, 2.45) is 0 Å². The first-order chi connectivity index (χ1) is 5.09. The molecule has 1 aromatic heterocycles. The standard InChI is InChI=1S/C4H7N5OS/c1-11(10)4-8-2(5)7-3(6)9-4/h1H3,(H4,5,6,7,8,9). The van der Waals surface area contributed by atoms with E-state index in [1.54, 1.807) is 0 Å². The Kier molecular flexibility index (Phi) is 1.99. The van der Waals surface area contributed by atoms with Gasteiger partial charge in [-0.1, -0.05) is 0 Å². The van der Waals surface area contributed by atoms with Gasteiger partial charge in [0.25, 0.3) is 0 Å². The van der Waals surface area contributed by atoms with Crippen LogP contribution in [0.5, 0.6) is 0 Å². The van der Waals surface area contributed by atoms with Crippen molar-refractivity contribution in [3.63, 3.8) is 0 Å². The number of hydrogen-bond donors (Lipinski definition) is 2. The van der Waals surface area contributed by atoms with Crippen LogP contribution in [0, 0.1) is 0 Å². The molecule has 0 saturated carbocycles. The van der Waals surface area contributed by atoms with Crippen LogP contribution in [0.4, 0.5) is 11.9 Å². The third-order valence-electron chi connectivity index (χ3n) is 0.907. The molecule has 1 heterocycles. The molecule has 0 saturated heterocycles. The maximum absolute atomic E-state index is 10.8. The van der Waals surface area contributed by atoms with Crippen molar-refractivity contribution in [1.29, 1.82) is 0 Å². The molecular weight excluding hydrogens is 166 g/mol. The van der Waals surface area contributed by atoms with Gasteiger partial charge in [0.15, 0.2) is 0 Å².